The predicted octanol–water partition coefficient (Wildman–Crippen LogP) is 7.17. The number of aromatic nitrogens is 2. The van der Waals surface area contributed by atoms with E-state index in [4.69, 9.17) is 16.3 Å². The van der Waals surface area contributed by atoms with E-state index in [2.05, 4.69) is 21.4 Å². The Labute approximate surface area is 196 Å². The highest BCUT2D eigenvalue weighted by molar-refractivity contribution is 6.30. The standard InChI is InChI=1S/C27H19ClN4O/c1-33-26-8-5-18(13-23(26)17-3-2-4-21(28)11-17)24-16-30-15-20(14-29)27(24)32-22-6-7-25-19(12-22)9-10-31-25/h2-13,15-16,31H,1H3,(H,30,32). The first-order valence-corrected chi connectivity index (χ1v) is 10.7. The van der Waals surface area contributed by atoms with Crippen LogP contribution in [0, 0.1) is 11.3 Å². The van der Waals surface area contributed by atoms with Crippen LogP contribution in [0.2, 0.25) is 5.02 Å². The zero-order valence-corrected chi connectivity index (χ0v) is 18.5. The van der Waals surface area contributed by atoms with Gasteiger partial charge < -0.3 is 15.0 Å². The molecule has 0 atom stereocenters. The average Bonchev–Trinajstić information content (AvgIpc) is 3.32. The summed E-state index contributed by atoms with van der Waals surface area (Å²) >= 11 is 6.24. The molecule has 0 spiro atoms. The number of anilines is 2. The number of aromatic amines is 1. The molecule has 33 heavy (non-hydrogen) atoms. The molecular weight excluding hydrogens is 432 g/mol. The van der Waals surface area contributed by atoms with Gasteiger partial charge in [0.1, 0.15) is 11.8 Å². The maximum atomic E-state index is 9.78. The summed E-state index contributed by atoms with van der Waals surface area (Å²) in [6.45, 7) is 0. The lowest BCUT2D eigenvalue weighted by Gasteiger charge is -2.16. The van der Waals surface area contributed by atoms with Gasteiger partial charge in [-0.1, -0.05) is 29.8 Å². The smallest absolute Gasteiger partial charge is 0.126 e. The second-order valence-electron chi connectivity index (χ2n) is 7.55. The molecule has 5 nitrogen and oxygen atoms in total. The van der Waals surface area contributed by atoms with E-state index in [9.17, 15) is 5.26 Å². The normalized spacial score (nSPS) is 10.7. The van der Waals surface area contributed by atoms with Crippen LogP contribution < -0.4 is 10.1 Å². The molecule has 0 radical (unpaired) electrons. The minimum Gasteiger partial charge on any atom is -0.496 e. The first-order chi connectivity index (χ1) is 16.2. The van der Waals surface area contributed by atoms with Crippen molar-refractivity contribution in [3.63, 3.8) is 0 Å². The summed E-state index contributed by atoms with van der Waals surface area (Å²) in [5.74, 6) is 0.734. The second kappa shape index (κ2) is 8.70. The van der Waals surface area contributed by atoms with Crippen molar-refractivity contribution in [2.45, 2.75) is 0 Å². The lowest BCUT2D eigenvalue weighted by molar-refractivity contribution is 0.416. The number of H-pyrrole nitrogens is 1. The number of rotatable bonds is 5. The summed E-state index contributed by atoms with van der Waals surface area (Å²) in [5.41, 5.74) is 6.66. The molecule has 0 saturated heterocycles. The van der Waals surface area contributed by atoms with E-state index < -0.39 is 0 Å². The van der Waals surface area contributed by atoms with Gasteiger partial charge in [-0.2, -0.15) is 5.26 Å². The van der Waals surface area contributed by atoms with Gasteiger partial charge in [0.2, 0.25) is 0 Å². The van der Waals surface area contributed by atoms with E-state index in [0.717, 1.165) is 44.6 Å². The summed E-state index contributed by atoms with van der Waals surface area (Å²) in [6, 6.07) is 23.9. The molecule has 5 aromatic rings. The SMILES string of the molecule is COc1ccc(-c2cncc(C#N)c2Nc2ccc3[nH]ccc3c2)cc1-c1cccc(Cl)c1. The topological polar surface area (TPSA) is 73.7 Å². The number of hydrogen-bond donors (Lipinski definition) is 2. The molecule has 2 N–H and O–H groups in total. The Bertz CT molecular complexity index is 1520. The van der Waals surface area contributed by atoms with Crippen LogP contribution in [0.3, 0.4) is 0 Å². The Kier molecular flexibility index (Phi) is 5.43. The lowest BCUT2D eigenvalue weighted by atomic mass is 9.97. The highest BCUT2D eigenvalue weighted by atomic mass is 35.5. The molecule has 0 aliphatic carbocycles. The molecule has 0 fully saturated rings. The summed E-state index contributed by atoms with van der Waals surface area (Å²) in [7, 11) is 1.64. The molecule has 2 heterocycles. The Morgan fingerprint density at radius 3 is 2.67 bits per heavy atom. The van der Waals surface area contributed by atoms with E-state index in [0.29, 0.717) is 16.3 Å². The number of fused-ring (bicyclic) bond motifs is 1. The van der Waals surface area contributed by atoms with Crippen LogP contribution in [0.15, 0.2) is 85.3 Å². The number of methoxy groups -OCH3 is 1. The maximum absolute atomic E-state index is 9.78. The molecule has 0 saturated carbocycles. The number of halogens is 1. The van der Waals surface area contributed by atoms with Gasteiger partial charge in [0, 0.05) is 51.3 Å². The van der Waals surface area contributed by atoms with Gasteiger partial charge in [-0.05, 0) is 59.7 Å². The van der Waals surface area contributed by atoms with E-state index in [1.807, 2.05) is 72.9 Å². The Morgan fingerprint density at radius 1 is 0.970 bits per heavy atom. The highest BCUT2D eigenvalue weighted by Gasteiger charge is 2.15. The summed E-state index contributed by atoms with van der Waals surface area (Å²) in [5, 5.41) is 15.0. The Hall–Kier alpha value is -4.27. The predicted molar refractivity (Wildman–Crippen MR) is 133 cm³/mol. The van der Waals surface area contributed by atoms with Crippen molar-refractivity contribution < 1.29 is 4.74 Å². The van der Waals surface area contributed by atoms with E-state index in [-0.39, 0.29) is 0 Å². The van der Waals surface area contributed by atoms with Crippen molar-refractivity contribution in [1.29, 1.82) is 5.26 Å². The highest BCUT2D eigenvalue weighted by Crippen LogP contribution is 2.39. The van der Waals surface area contributed by atoms with Crippen LogP contribution >= 0.6 is 11.6 Å². The van der Waals surface area contributed by atoms with Crippen LogP contribution in [0.1, 0.15) is 5.56 Å². The van der Waals surface area contributed by atoms with E-state index in [1.54, 1.807) is 19.5 Å². The first-order valence-electron chi connectivity index (χ1n) is 10.3. The van der Waals surface area contributed by atoms with Crippen molar-refractivity contribution in [1.82, 2.24) is 9.97 Å². The average molecular weight is 451 g/mol. The number of hydrogen-bond acceptors (Lipinski definition) is 4. The van der Waals surface area contributed by atoms with Gasteiger partial charge in [0.05, 0.1) is 18.4 Å². The number of nitriles is 1. The summed E-state index contributed by atoms with van der Waals surface area (Å²) in [4.78, 5) is 7.51. The monoisotopic (exact) mass is 450 g/mol. The van der Waals surface area contributed by atoms with E-state index >= 15 is 0 Å². The fourth-order valence-electron chi connectivity index (χ4n) is 3.93. The zero-order chi connectivity index (χ0) is 22.8. The van der Waals surface area contributed by atoms with Gasteiger partial charge in [-0.3, -0.25) is 4.98 Å². The fraction of sp³-hybridized carbons (Fsp3) is 0.0370. The van der Waals surface area contributed by atoms with Crippen molar-refractivity contribution in [3.05, 3.63) is 95.9 Å². The Balaban J connectivity index is 1.64. The second-order valence-corrected chi connectivity index (χ2v) is 7.99. The number of benzene rings is 3. The maximum Gasteiger partial charge on any atom is 0.126 e. The van der Waals surface area contributed by atoms with Gasteiger partial charge in [0.15, 0.2) is 0 Å². The van der Waals surface area contributed by atoms with Crippen LogP contribution in [-0.2, 0) is 0 Å². The van der Waals surface area contributed by atoms with Gasteiger partial charge in [0.25, 0.3) is 0 Å². The van der Waals surface area contributed by atoms with Crippen LogP contribution in [0.25, 0.3) is 33.2 Å². The number of nitrogens with zero attached hydrogens (tertiary/aromatic N) is 2. The number of pyridine rings is 1. The molecule has 0 bridgehead atoms. The third-order valence-electron chi connectivity index (χ3n) is 5.54. The van der Waals surface area contributed by atoms with Crippen LogP contribution in [-0.4, -0.2) is 17.1 Å². The van der Waals surface area contributed by atoms with Crippen LogP contribution in [0.5, 0.6) is 5.75 Å². The summed E-state index contributed by atoms with van der Waals surface area (Å²) in [6.07, 6.45) is 5.24. The quantitative estimate of drug-likeness (QED) is 0.297. The largest absolute Gasteiger partial charge is 0.496 e. The molecular formula is C27H19ClN4O. The van der Waals surface area contributed by atoms with Crippen molar-refractivity contribution in [3.8, 4) is 34.1 Å². The van der Waals surface area contributed by atoms with Gasteiger partial charge in [-0.15, -0.1) is 0 Å². The fourth-order valence-corrected chi connectivity index (χ4v) is 4.12. The van der Waals surface area contributed by atoms with E-state index in [1.165, 1.54) is 0 Å². The number of ether oxygens (including phenoxy) is 1. The van der Waals surface area contributed by atoms with Gasteiger partial charge in [-0.25, -0.2) is 0 Å². The minimum absolute atomic E-state index is 0.460. The third kappa shape index (κ3) is 4.00. The van der Waals surface area contributed by atoms with Gasteiger partial charge >= 0.3 is 0 Å². The number of nitrogens with one attached hydrogen (secondary N) is 2. The molecule has 160 valence electrons. The third-order valence-corrected chi connectivity index (χ3v) is 5.77. The molecule has 0 aliphatic heterocycles. The molecule has 0 amide bonds. The Morgan fingerprint density at radius 2 is 1.85 bits per heavy atom. The summed E-state index contributed by atoms with van der Waals surface area (Å²) < 4.78 is 5.60. The first kappa shape index (κ1) is 20.6. The van der Waals surface area contributed by atoms with Crippen molar-refractivity contribution in [2.75, 3.05) is 12.4 Å². The molecule has 3 aromatic carbocycles. The molecule has 6 heteroatoms. The van der Waals surface area contributed by atoms with Crippen LogP contribution in [0.4, 0.5) is 11.4 Å². The molecule has 0 aliphatic rings. The molecule has 0 unspecified atom stereocenters. The lowest BCUT2D eigenvalue weighted by Crippen LogP contribution is -1.98. The minimum atomic E-state index is 0.460. The molecule has 5 rings (SSSR count). The van der Waals surface area contributed by atoms with Crippen molar-refractivity contribution >= 4 is 33.9 Å². The van der Waals surface area contributed by atoms with Crippen molar-refractivity contribution in [2.24, 2.45) is 0 Å². The zero-order valence-electron chi connectivity index (χ0n) is 17.8. The molecule has 2 aromatic heterocycles.